The molecule has 2 rings (SSSR count). The van der Waals surface area contributed by atoms with E-state index < -0.39 is 6.10 Å². The fourth-order valence-electron chi connectivity index (χ4n) is 1.40. The Labute approximate surface area is 86.0 Å². The van der Waals surface area contributed by atoms with Crippen molar-refractivity contribution in [3.63, 3.8) is 0 Å². The summed E-state index contributed by atoms with van der Waals surface area (Å²) < 4.78 is 1.70. The van der Waals surface area contributed by atoms with Crippen molar-refractivity contribution in [2.75, 3.05) is 0 Å². The number of imidazole rings is 1. The van der Waals surface area contributed by atoms with Crippen LogP contribution in [0.2, 0.25) is 0 Å². The molecule has 2 N–H and O–H groups in total. The Kier molecular flexibility index (Phi) is 2.39. The average Bonchev–Trinajstić information content (AvgIpc) is 2.63. The van der Waals surface area contributed by atoms with Crippen LogP contribution in [0.3, 0.4) is 0 Å². The topological polar surface area (TPSA) is 70.9 Å². The number of aromatic nitrogens is 3. The molecule has 0 aliphatic rings. The Hall–Kier alpha value is -1.88. The first-order chi connectivity index (χ1) is 7.18. The minimum Gasteiger partial charge on any atom is -0.379 e. The molecule has 1 atom stereocenters. The van der Waals surface area contributed by atoms with Crippen LogP contribution in [0.4, 0.5) is 0 Å². The minimum absolute atomic E-state index is 0.235. The largest absolute Gasteiger partial charge is 0.379 e. The Morgan fingerprint density at radius 1 is 1.53 bits per heavy atom. The monoisotopic (exact) mass is 205 g/mol. The summed E-state index contributed by atoms with van der Waals surface area (Å²) in [5.74, 6) is 0.497. The van der Waals surface area contributed by atoms with E-state index in [0.29, 0.717) is 11.5 Å². The van der Waals surface area contributed by atoms with Crippen molar-refractivity contribution in [1.82, 2.24) is 14.5 Å². The molecule has 0 aliphatic heterocycles. The van der Waals surface area contributed by atoms with Gasteiger partial charge in [-0.15, -0.1) is 0 Å². The molecule has 0 saturated carbocycles. The summed E-state index contributed by atoms with van der Waals surface area (Å²) in [6.45, 7) is 0. The highest BCUT2D eigenvalue weighted by molar-refractivity contribution is 5.15. The number of hydrogen-bond donors (Lipinski definition) is 2. The van der Waals surface area contributed by atoms with Gasteiger partial charge in [-0.05, 0) is 6.07 Å². The molecule has 0 amide bonds. The van der Waals surface area contributed by atoms with E-state index in [9.17, 15) is 9.90 Å². The smallest absolute Gasteiger partial charge is 0.248 e. The molecule has 2 aromatic heterocycles. The van der Waals surface area contributed by atoms with Gasteiger partial charge in [-0.3, -0.25) is 4.79 Å². The molecule has 1 unspecified atom stereocenters. The zero-order valence-corrected chi connectivity index (χ0v) is 8.21. The van der Waals surface area contributed by atoms with Crippen molar-refractivity contribution < 1.29 is 5.11 Å². The van der Waals surface area contributed by atoms with Crippen molar-refractivity contribution in [3.8, 4) is 0 Å². The normalized spacial score (nSPS) is 12.7. The van der Waals surface area contributed by atoms with Crippen LogP contribution in [0.15, 0.2) is 35.4 Å². The van der Waals surface area contributed by atoms with Gasteiger partial charge in [-0.25, -0.2) is 4.98 Å². The number of rotatable bonds is 2. The number of nitrogens with one attached hydrogen (secondary N) is 1. The lowest BCUT2D eigenvalue weighted by molar-refractivity contribution is 0.201. The second kappa shape index (κ2) is 3.70. The van der Waals surface area contributed by atoms with Gasteiger partial charge < -0.3 is 14.7 Å². The summed E-state index contributed by atoms with van der Waals surface area (Å²) in [5.41, 5.74) is 0.206. The maximum Gasteiger partial charge on any atom is 0.248 e. The van der Waals surface area contributed by atoms with Gasteiger partial charge in [0.05, 0.1) is 5.69 Å². The molecule has 5 heteroatoms. The zero-order chi connectivity index (χ0) is 10.8. The van der Waals surface area contributed by atoms with Crippen molar-refractivity contribution in [2.45, 2.75) is 6.10 Å². The summed E-state index contributed by atoms with van der Waals surface area (Å²) in [7, 11) is 1.78. The average molecular weight is 205 g/mol. The lowest BCUT2D eigenvalue weighted by Gasteiger charge is -2.09. The van der Waals surface area contributed by atoms with E-state index >= 15 is 0 Å². The van der Waals surface area contributed by atoms with Gasteiger partial charge in [0.25, 0.3) is 0 Å². The zero-order valence-electron chi connectivity index (χ0n) is 8.21. The number of pyridine rings is 1. The maximum absolute atomic E-state index is 11.1. The number of aryl methyl sites for hydroxylation is 1. The molecule has 0 bridgehead atoms. The third kappa shape index (κ3) is 1.82. The third-order valence-electron chi connectivity index (χ3n) is 2.19. The van der Waals surface area contributed by atoms with E-state index in [4.69, 9.17) is 0 Å². The molecule has 0 spiro atoms. The minimum atomic E-state index is -0.904. The van der Waals surface area contributed by atoms with Crippen molar-refractivity contribution in [3.05, 3.63) is 52.5 Å². The molecule has 2 heterocycles. The SMILES string of the molecule is Cn1ccnc1C(O)c1cccc(=O)[nH]1. The van der Waals surface area contributed by atoms with E-state index in [2.05, 4.69) is 9.97 Å². The van der Waals surface area contributed by atoms with Crippen LogP contribution in [0.1, 0.15) is 17.6 Å². The highest BCUT2D eigenvalue weighted by Gasteiger charge is 2.14. The van der Waals surface area contributed by atoms with Crippen molar-refractivity contribution >= 4 is 0 Å². The number of aromatic amines is 1. The lowest BCUT2D eigenvalue weighted by Crippen LogP contribution is -2.13. The van der Waals surface area contributed by atoms with Crippen LogP contribution in [0, 0.1) is 0 Å². The van der Waals surface area contributed by atoms with Crippen LogP contribution in [0.25, 0.3) is 0 Å². The van der Waals surface area contributed by atoms with Gasteiger partial charge in [-0.2, -0.15) is 0 Å². The number of nitrogens with zero attached hydrogens (tertiary/aromatic N) is 2. The van der Waals surface area contributed by atoms with Gasteiger partial charge in [-0.1, -0.05) is 6.07 Å². The molecule has 0 radical (unpaired) electrons. The van der Waals surface area contributed by atoms with Crippen LogP contribution < -0.4 is 5.56 Å². The van der Waals surface area contributed by atoms with Gasteiger partial charge in [0.15, 0.2) is 6.10 Å². The second-order valence-electron chi connectivity index (χ2n) is 3.27. The summed E-state index contributed by atoms with van der Waals surface area (Å²) in [4.78, 5) is 17.6. The van der Waals surface area contributed by atoms with Crippen LogP contribution >= 0.6 is 0 Å². The lowest BCUT2D eigenvalue weighted by atomic mass is 10.2. The molecule has 5 nitrogen and oxygen atoms in total. The molecule has 0 saturated heterocycles. The molecule has 0 aromatic carbocycles. The van der Waals surface area contributed by atoms with E-state index in [-0.39, 0.29) is 5.56 Å². The number of aliphatic hydroxyl groups excluding tert-OH is 1. The van der Waals surface area contributed by atoms with Gasteiger partial charge >= 0.3 is 0 Å². The van der Waals surface area contributed by atoms with E-state index in [1.807, 2.05) is 0 Å². The van der Waals surface area contributed by atoms with Crippen LogP contribution in [-0.2, 0) is 7.05 Å². The van der Waals surface area contributed by atoms with Gasteiger partial charge in [0, 0.05) is 25.5 Å². The molecule has 78 valence electrons. The molecule has 0 fully saturated rings. The fourth-order valence-corrected chi connectivity index (χ4v) is 1.40. The van der Waals surface area contributed by atoms with Crippen molar-refractivity contribution in [2.24, 2.45) is 7.05 Å². The van der Waals surface area contributed by atoms with Crippen molar-refractivity contribution in [1.29, 1.82) is 0 Å². The Bertz CT molecular complexity index is 515. The van der Waals surface area contributed by atoms with Gasteiger partial charge in [0.1, 0.15) is 5.82 Å². The Morgan fingerprint density at radius 3 is 2.93 bits per heavy atom. The summed E-state index contributed by atoms with van der Waals surface area (Å²) in [5, 5.41) is 9.93. The quantitative estimate of drug-likeness (QED) is 0.735. The summed E-state index contributed by atoms with van der Waals surface area (Å²) in [6.07, 6.45) is 2.43. The standard InChI is InChI=1S/C10H11N3O2/c1-13-6-5-11-10(13)9(15)7-3-2-4-8(14)12-7/h2-6,9,15H,1H3,(H,12,14). The first kappa shape index (κ1) is 9.67. The molecular weight excluding hydrogens is 194 g/mol. The maximum atomic E-state index is 11.1. The third-order valence-corrected chi connectivity index (χ3v) is 2.19. The Morgan fingerprint density at radius 2 is 2.33 bits per heavy atom. The highest BCUT2D eigenvalue weighted by Crippen LogP contribution is 2.16. The second-order valence-corrected chi connectivity index (χ2v) is 3.27. The van der Waals surface area contributed by atoms with Gasteiger partial charge in [0.2, 0.25) is 5.56 Å². The van der Waals surface area contributed by atoms with Crippen LogP contribution in [-0.4, -0.2) is 19.6 Å². The number of H-pyrrole nitrogens is 1. The number of aliphatic hydroxyl groups is 1. The molecular formula is C10H11N3O2. The molecule has 15 heavy (non-hydrogen) atoms. The van der Waals surface area contributed by atoms with E-state index in [1.165, 1.54) is 6.07 Å². The molecule has 2 aromatic rings. The summed E-state index contributed by atoms with van der Waals surface area (Å²) in [6, 6.07) is 4.65. The fraction of sp³-hybridized carbons (Fsp3) is 0.200. The predicted molar refractivity (Wildman–Crippen MR) is 54.3 cm³/mol. The molecule has 0 aliphatic carbocycles. The summed E-state index contributed by atoms with van der Waals surface area (Å²) >= 11 is 0. The van der Waals surface area contributed by atoms with E-state index in [0.717, 1.165) is 0 Å². The Balaban J connectivity index is 2.41. The predicted octanol–water partition coefficient (Wildman–Crippen LogP) is 0.190. The highest BCUT2D eigenvalue weighted by atomic mass is 16.3. The number of hydrogen-bond acceptors (Lipinski definition) is 3. The van der Waals surface area contributed by atoms with Crippen LogP contribution in [0.5, 0.6) is 0 Å². The first-order valence-corrected chi connectivity index (χ1v) is 4.53. The van der Waals surface area contributed by atoms with E-state index in [1.54, 1.807) is 36.1 Å². The first-order valence-electron chi connectivity index (χ1n) is 4.53.